The molecule has 1 N–H and O–H groups in total. The van der Waals surface area contributed by atoms with E-state index in [-0.39, 0.29) is 5.41 Å². The molecule has 1 unspecified atom stereocenters. The predicted molar refractivity (Wildman–Crippen MR) is 71.4 cm³/mol. The molecule has 1 heterocycles. The van der Waals surface area contributed by atoms with Gasteiger partial charge in [0.2, 0.25) is 0 Å². The van der Waals surface area contributed by atoms with E-state index in [0.717, 1.165) is 6.54 Å². The number of nitrogens with one attached hydrogen (secondary N) is 1. The topological polar surface area (TPSA) is 24.9 Å². The number of nitrogens with zero attached hydrogens (tertiary/aromatic N) is 1. The molecule has 4 heteroatoms. The van der Waals surface area contributed by atoms with Crippen molar-refractivity contribution in [3.63, 3.8) is 0 Å². The number of rotatable bonds is 3. The highest BCUT2D eigenvalue weighted by atomic mass is 35.5. The molecule has 0 saturated carbocycles. The average Bonchev–Trinajstić information content (AvgIpc) is 2.14. The van der Waals surface area contributed by atoms with Gasteiger partial charge in [0.15, 0.2) is 0 Å². The van der Waals surface area contributed by atoms with E-state index in [4.69, 9.17) is 23.2 Å². The van der Waals surface area contributed by atoms with Gasteiger partial charge in [-0.25, -0.2) is 4.98 Å². The Bertz CT molecular complexity index is 359. The van der Waals surface area contributed by atoms with Crippen LogP contribution in [0.2, 0.25) is 10.0 Å². The second-order valence-electron chi connectivity index (χ2n) is 5.13. The Kier molecular flexibility index (Phi) is 4.45. The van der Waals surface area contributed by atoms with E-state index < -0.39 is 0 Å². The fourth-order valence-corrected chi connectivity index (χ4v) is 1.55. The lowest BCUT2D eigenvalue weighted by Gasteiger charge is -2.27. The van der Waals surface area contributed by atoms with Gasteiger partial charge in [-0.2, -0.15) is 0 Å². The summed E-state index contributed by atoms with van der Waals surface area (Å²) in [6.45, 7) is 9.71. The number of hydrogen-bond donors (Lipinski definition) is 1. The molecule has 0 bridgehead atoms. The van der Waals surface area contributed by atoms with Crippen molar-refractivity contribution in [3.05, 3.63) is 22.3 Å². The molecule has 16 heavy (non-hydrogen) atoms. The van der Waals surface area contributed by atoms with Crippen LogP contribution in [0.1, 0.15) is 27.7 Å². The first kappa shape index (κ1) is 13.6. The van der Waals surface area contributed by atoms with Crippen LogP contribution in [0.15, 0.2) is 12.3 Å². The van der Waals surface area contributed by atoms with Crippen LogP contribution in [0.5, 0.6) is 0 Å². The van der Waals surface area contributed by atoms with Gasteiger partial charge in [0.25, 0.3) is 0 Å². The molecular weight excluding hydrogens is 243 g/mol. The van der Waals surface area contributed by atoms with Gasteiger partial charge in [0.1, 0.15) is 5.82 Å². The van der Waals surface area contributed by atoms with Crippen molar-refractivity contribution in [1.82, 2.24) is 4.98 Å². The number of hydrogen-bond acceptors (Lipinski definition) is 2. The molecule has 1 aromatic rings. The predicted octanol–water partition coefficient (Wildman–Crippen LogP) is 4.48. The summed E-state index contributed by atoms with van der Waals surface area (Å²) >= 11 is 11.8. The zero-order valence-corrected chi connectivity index (χ0v) is 11.7. The summed E-state index contributed by atoms with van der Waals surface area (Å²) < 4.78 is 0. The lowest BCUT2D eigenvalue weighted by molar-refractivity contribution is 0.274. The van der Waals surface area contributed by atoms with Gasteiger partial charge < -0.3 is 5.32 Å². The van der Waals surface area contributed by atoms with Crippen molar-refractivity contribution in [2.75, 3.05) is 11.9 Å². The number of anilines is 1. The summed E-state index contributed by atoms with van der Waals surface area (Å²) in [5.41, 5.74) is 0.270. The summed E-state index contributed by atoms with van der Waals surface area (Å²) in [7, 11) is 0. The van der Waals surface area contributed by atoms with Crippen molar-refractivity contribution >= 4 is 29.0 Å². The Labute approximate surface area is 107 Å². The lowest BCUT2D eigenvalue weighted by Crippen LogP contribution is -2.25. The molecule has 0 aliphatic carbocycles. The van der Waals surface area contributed by atoms with Crippen LogP contribution in [-0.4, -0.2) is 11.5 Å². The first-order valence-corrected chi connectivity index (χ1v) is 6.11. The van der Waals surface area contributed by atoms with E-state index in [1.54, 1.807) is 12.3 Å². The third-order valence-corrected chi connectivity index (χ3v) is 3.36. The van der Waals surface area contributed by atoms with Crippen LogP contribution in [0, 0.1) is 11.3 Å². The Balaban J connectivity index is 2.62. The van der Waals surface area contributed by atoms with E-state index in [9.17, 15) is 0 Å². The molecule has 2 nitrogen and oxygen atoms in total. The van der Waals surface area contributed by atoms with E-state index in [2.05, 4.69) is 38.0 Å². The first-order valence-electron chi connectivity index (χ1n) is 5.35. The molecule has 0 spiro atoms. The standard InChI is InChI=1S/C12H18Cl2N2/c1-8(12(2,3)4)6-15-11-10(14)5-9(13)7-16-11/h5,7-8H,6H2,1-4H3,(H,15,16). The van der Waals surface area contributed by atoms with Gasteiger partial charge in [0.05, 0.1) is 10.0 Å². The van der Waals surface area contributed by atoms with Crippen molar-refractivity contribution in [3.8, 4) is 0 Å². The molecule has 0 radical (unpaired) electrons. The fourth-order valence-electron chi connectivity index (χ4n) is 1.10. The van der Waals surface area contributed by atoms with Crippen LogP contribution < -0.4 is 5.32 Å². The molecule has 0 aliphatic heterocycles. The minimum atomic E-state index is 0.270. The summed E-state index contributed by atoms with van der Waals surface area (Å²) in [5.74, 6) is 1.23. The molecule has 1 atom stereocenters. The van der Waals surface area contributed by atoms with Crippen LogP contribution in [0.4, 0.5) is 5.82 Å². The van der Waals surface area contributed by atoms with Crippen LogP contribution in [0.3, 0.4) is 0 Å². The van der Waals surface area contributed by atoms with E-state index in [1.807, 2.05) is 0 Å². The van der Waals surface area contributed by atoms with Gasteiger partial charge >= 0.3 is 0 Å². The normalized spacial score (nSPS) is 13.6. The molecular formula is C12H18Cl2N2. The highest BCUT2D eigenvalue weighted by Gasteiger charge is 2.19. The maximum Gasteiger partial charge on any atom is 0.144 e. The Morgan fingerprint density at radius 1 is 1.38 bits per heavy atom. The second kappa shape index (κ2) is 5.24. The van der Waals surface area contributed by atoms with Gasteiger partial charge in [-0.05, 0) is 17.4 Å². The Morgan fingerprint density at radius 3 is 2.50 bits per heavy atom. The summed E-state index contributed by atoms with van der Waals surface area (Å²) in [4.78, 5) is 4.16. The summed E-state index contributed by atoms with van der Waals surface area (Å²) in [6, 6.07) is 1.69. The monoisotopic (exact) mass is 260 g/mol. The molecule has 0 fully saturated rings. The van der Waals surface area contributed by atoms with Crippen LogP contribution >= 0.6 is 23.2 Å². The van der Waals surface area contributed by atoms with Crippen molar-refractivity contribution < 1.29 is 0 Å². The molecule has 0 aliphatic rings. The first-order chi connectivity index (χ1) is 7.30. The maximum absolute atomic E-state index is 6.02. The molecule has 0 saturated heterocycles. The van der Waals surface area contributed by atoms with Crippen molar-refractivity contribution in [2.45, 2.75) is 27.7 Å². The average molecular weight is 261 g/mol. The Hall–Kier alpha value is -0.470. The zero-order valence-electron chi connectivity index (χ0n) is 10.1. The summed E-state index contributed by atoms with van der Waals surface area (Å²) in [6.07, 6.45) is 1.59. The van der Waals surface area contributed by atoms with Gasteiger partial charge in [-0.1, -0.05) is 50.9 Å². The van der Waals surface area contributed by atoms with E-state index in [1.165, 1.54) is 0 Å². The third-order valence-electron chi connectivity index (χ3n) is 2.86. The van der Waals surface area contributed by atoms with Crippen molar-refractivity contribution in [1.29, 1.82) is 0 Å². The summed E-state index contributed by atoms with van der Waals surface area (Å²) in [5, 5.41) is 4.36. The third kappa shape index (κ3) is 3.84. The highest BCUT2D eigenvalue weighted by molar-refractivity contribution is 6.35. The Morgan fingerprint density at radius 2 is 2.00 bits per heavy atom. The van der Waals surface area contributed by atoms with Crippen molar-refractivity contribution in [2.24, 2.45) is 11.3 Å². The number of aromatic nitrogens is 1. The minimum absolute atomic E-state index is 0.270. The van der Waals surface area contributed by atoms with E-state index >= 15 is 0 Å². The lowest BCUT2D eigenvalue weighted by atomic mass is 9.82. The van der Waals surface area contributed by atoms with Crippen LogP contribution in [-0.2, 0) is 0 Å². The van der Waals surface area contributed by atoms with E-state index in [0.29, 0.717) is 21.8 Å². The van der Waals surface area contributed by atoms with Gasteiger partial charge in [-0.15, -0.1) is 0 Å². The quantitative estimate of drug-likeness (QED) is 0.867. The SMILES string of the molecule is CC(CNc1ncc(Cl)cc1Cl)C(C)(C)C. The van der Waals surface area contributed by atoms with Crippen LogP contribution in [0.25, 0.3) is 0 Å². The molecule has 1 rings (SSSR count). The second-order valence-corrected chi connectivity index (χ2v) is 5.98. The molecule has 0 aromatic carbocycles. The number of pyridine rings is 1. The minimum Gasteiger partial charge on any atom is -0.369 e. The van der Waals surface area contributed by atoms with Gasteiger partial charge in [-0.3, -0.25) is 0 Å². The molecule has 1 aromatic heterocycles. The fraction of sp³-hybridized carbons (Fsp3) is 0.583. The highest BCUT2D eigenvalue weighted by Crippen LogP contribution is 2.27. The molecule has 90 valence electrons. The molecule has 0 amide bonds. The van der Waals surface area contributed by atoms with Gasteiger partial charge in [0, 0.05) is 12.7 Å². The largest absolute Gasteiger partial charge is 0.369 e. The maximum atomic E-state index is 6.02. The number of halogens is 2. The zero-order chi connectivity index (χ0) is 12.3. The smallest absolute Gasteiger partial charge is 0.144 e.